The lowest BCUT2D eigenvalue weighted by atomic mass is 10.1. The van der Waals surface area contributed by atoms with E-state index in [1.54, 1.807) is 30.3 Å². The van der Waals surface area contributed by atoms with E-state index in [-0.39, 0.29) is 11.3 Å². The molecule has 24 heavy (non-hydrogen) atoms. The molecule has 120 valence electrons. The van der Waals surface area contributed by atoms with Crippen LogP contribution in [0.2, 0.25) is 0 Å². The molecular formula is C16H11N3O4S. The van der Waals surface area contributed by atoms with Crippen molar-refractivity contribution < 1.29 is 14.5 Å². The molecule has 2 amide bonds. The number of para-hydroxylation sites is 1. The Labute approximate surface area is 139 Å². The number of carbonyl (C=O) groups excluding carboxylic acids is 2. The van der Waals surface area contributed by atoms with Crippen LogP contribution in [0.3, 0.4) is 0 Å². The van der Waals surface area contributed by atoms with E-state index in [4.69, 9.17) is 5.73 Å². The number of nitrogens with zero attached hydrogens (tertiary/aromatic N) is 1. The Balaban J connectivity index is 1.92. The fraction of sp³-hybridized carbons (Fsp3) is 0. The van der Waals surface area contributed by atoms with Crippen LogP contribution in [0.4, 0.5) is 11.4 Å². The number of nitro groups is 1. The third kappa shape index (κ3) is 2.95. The third-order valence-corrected chi connectivity index (χ3v) is 4.49. The number of fused-ring (bicyclic) bond motifs is 1. The van der Waals surface area contributed by atoms with Gasteiger partial charge >= 0.3 is 0 Å². The van der Waals surface area contributed by atoms with Crippen LogP contribution < -0.4 is 11.1 Å². The number of anilines is 1. The Kier molecular flexibility index (Phi) is 3.97. The van der Waals surface area contributed by atoms with E-state index < -0.39 is 16.7 Å². The van der Waals surface area contributed by atoms with Crippen molar-refractivity contribution in [3.05, 3.63) is 69.1 Å². The number of amides is 2. The number of nitrogens with one attached hydrogen (secondary N) is 1. The van der Waals surface area contributed by atoms with Gasteiger partial charge in [-0.25, -0.2) is 0 Å². The van der Waals surface area contributed by atoms with Crippen molar-refractivity contribution in [1.29, 1.82) is 0 Å². The molecule has 0 atom stereocenters. The normalized spacial score (nSPS) is 10.5. The van der Waals surface area contributed by atoms with Crippen molar-refractivity contribution in [2.45, 2.75) is 0 Å². The highest BCUT2D eigenvalue weighted by Crippen LogP contribution is 2.29. The lowest BCUT2D eigenvalue weighted by Gasteiger charge is -2.07. The highest BCUT2D eigenvalue weighted by atomic mass is 32.1. The van der Waals surface area contributed by atoms with Crippen molar-refractivity contribution in [2.75, 3.05) is 5.32 Å². The minimum atomic E-state index is -0.641. The standard InChI is InChI=1S/C16H11N3O4S/c17-15(20)11-3-1-2-4-12(11)18-16(21)14-8-9-7-10(19(22)23)5-6-13(9)24-14/h1-8H,(H2,17,20)(H,18,21). The number of nitro benzene ring substituents is 1. The predicted molar refractivity (Wildman–Crippen MR) is 91.4 cm³/mol. The highest BCUT2D eigenvalue weighted by Gasteiger charge is 2.15. The molecule has 8 heteroatoms. The summed E-state index contributed by atoms with van der Waals surface area (Å²) in [6.07, 6.45) is 0. The van der Waals surface area contributed by atoms with Gasteiger partial charge in [0.1, 0.15) is 0 Å². The molecular weight excluding hydrogens is 330 g/mol. The summed E-state index contributed by atoms with van der Waals surface area (Å²) in [5, 5.41) is 14.1. The number of hydrogen-bond acceptors (Lipinski definition) is 5. The van der Waals surface area contributed by atoms with Crippen LogP contribution in [0.15, 0.2) is 48.5 Å². The molecule has 0 spiro atoms. The zero-order valence-electron chi connectivity index (χ0n) is 12.2. The number of thiophene rings is 1. The molecule has 0 fully saturated rings. The van der Waals surface area contributed by atoms with Gasteiger partial charge in [-0.2, -0.15) is 0 Å². The summed E-state index contributed by atoms with van der Waals surface area (Å²) in [7, 11) is 0. The highest BCUT2D eigenvalue weighted by molar-refractivity contribution is 7.20. The molecule has 3 aromatic rings. The van der Waals surface area contributed by atoms with Gasteiger partial charge in [-0.1, -0.05) is 12.1 Å². The van der Waals surface area contributed by atoms with E-state index in [0.717, 1.165) is 4.70 Å². The molecule has 0 aliphatic heterocycles. The van der Waals surface area contributed by atoms with Gasteiger partial charge in [0.2, 0.25) is 0 Å². The lowest BCUT2D eigenvalue weighted by Crippen LogP contribution is -2.17. The van der Waals surface area contributed by atoms with E-state index in [0.29, 0.717) is 16.0 Å². The topological polar surface area (TPSA) is 115 Å². The molecule has 0 radical (unpaired) electrons. The van der Waals surface area contributed by atoms with Gasteiger partial charge in [0.15, 0.2) is 0 Å². The predicted octanol–water partition coefficient (Wildman–Crippen LogP) is 3.16. The molecule has 0 bridgehead atoms. The number of rotatable bonds is 4. The summed E-state index contributed by atoms with van der Waals surface area (Å²) in [5.74, 6) is -1.05. The summed E-state index contributed by atoms with van der Waals surface area (Å²) in [5.41, 5.74) is 5.78. The Morgan fingerprint density at radius 1 is 1.12 bits per heavy atom. The number of non-ortho nitro benzene ring substituents is 1. The maximum atomic E-state index is 12.4. The van der Waals surface area contributed by atoms with Gasteiger partial charge in [0, 0.05) is 22.2 Å². The van der Waals surface area contributed by atoms with Crippen LogP contribution in [-0.4, -0.2) is 16.7 Å². The van der Waals surface area contributed by atoms with Crippen molar-refractivity contribution in [3.63, 3.8) is 0 Å². The van der Waals surface area contributed by atoms with Gasteiger partial charge in [0.05, 0.1) is 21.1 Å². The zero-order chi connectivity index (χ0) is 17.3. The molecule has 1 aromatic heterocycles. The summed E-state index contributed by atoms with van der Waals surface area (Å²) < 4.78 is 0.758. The SMILES string of the molecule is NC(=O)c1ccccc1NC(=O)c1cc2cc([N+](=O)[O-])ccc2s1. The largest absolute Gasteiger partial charge is 0.366 e. The van der Waals surface area contributed by atoms with Crippen molar-refractivity contribution in [3.8, 4) is 0 Å². The second-order valence-corrected chi connectivity index (χ2v) is 6.04. The average molecular weight is 341 g/mol. The quantitative estimate of drug-likeness (QED) is 0.560. The van der Waals surface area contributed by atoms with Crippen LogP contribution in [0.25, 0.3) is 10.1 Å². The van der Waals surface area contributed by atoms with E-state index in [9.17, 15) is 19.7 Å². The Bertz CT molecular complexity index is 980. The summed E-state index contributed by atoms with van der Waals surface area (Å²) >= 11 is 1.21. The number of hydrogen-bond donors (Lipinski definition) is 2. The maximum Gasteiger partial charge on any atom is 0.270 e. The van der Waals surface area contributed by atoms with E-state index >= 15 is 0 Å². The minimum absolute atomic E-state index is 0.0358. The fourth-order valence-corrected chi connectivity index (χ4v) is 3.19. The van der Waals surface area contributed by atoms with Gasteiger partial charge in [0.25, 0.3) is 17.5 Å². The monoisotopic (exact) mass is 341 g/mol. The number of benzene rings is 2. The van der Waals surface area contributed by atoms with Crippen LogP contribution in [0, 0.1) is 10.1 Å². The molecule has 7 nitrogen and oxygen atoms in total. The Hall–Kier alpha value is -3.26. The Morgan fingerprint density at radius 3 is 2.58 bits per heavy atom. The van der Waals surface area contributed by atoms with Crippen molar-refractivity contribution >= 4 is 44.6 Å². The minimum Gasteiger partial charge on any atom is -0.366 e. The van der Waals surface area contributed by atoms with Crippen LogP contribution in [0.1, 0.15) is 20.0 Å². The van der Waals surface area contributed by atoms with Crippen LogP contribution in [-0.2, 0) is 0 Å². The second-order valence-electron chi connectivity index (χ2n) is 4.95. The van der Waals surface area contributed by atoms with E-state index in [2.05, 4.69) is 5.32 Å². The first-order valence-electron chi connectivity index (χ1n) is 6.84. The first-order valence-corrected chi connectivity index (χ1v) is 7.65. The molecule has 3 N–H and O–H groups in total. The lowest BCUT2D eigenvalue weighted by molar-refractivity contribution is -0.384. The average Bonchev–Trinajstić information content (AvgIpc) is 2.98. The first-order chi connectivity index (χ1) is 11.5. The number of carbonyl (C=O) groups is 2. The molecule has 0 saturated heterocycles. The van der Waals surface area contributed by atoms with Crippen molar-refractivity contribution in [2.24, 2.45) is 5.73 Å². The second kappa shape index (κ2) is 6.09. The summed E-state index contributed by atoms with van der Waals surface area (Å²) in [6.45, 7) is 0. The molecule has 0 aliphatic carbocycles. The molecule has 0 saturated carbocycles. The van der Waals surface area contributed by atoms with Crippen LogP contribution >= 0.6 is 11.3 Å². The van der Waals surface area contributed by atoms with Gasteiger partial charge < -0.3 is 11.1 Å². The smallest absolute Gasteiger partial charge is 0.270 e. The van der Waals surface area contributed by atoms with E-state index in [1.807, 2.05) is 0 Å². The number of primary amides is 1. The maximum absolute atomic E-state index is 12.4. The molecule has 1 heterocycles. The van der Waals surface area contributed by atoms with Gasteiger partial charge in [-0.05, 0) is 24.3 Å². The molecule has 2 aromatic carbocycles. The molecule has 0 aliphatic rings. The fourth-order valence-electron chi connectivity index (χ4n) is 2.25. The van der Waals surface area contributed by atoms with Crippen molar-refractivity contribution in [1.82, 2.24) is 0 Å². The first kappa shape index (κ1) is 15.6. The summed E-state index contributed by atoms with van der Waals surface area (Å²) in [6, 6.07) is 12.4. The van der Waals surface area contributed by atoms with Gasteiger partial charge in [-0.15, -0.1) is 11.3 Å². The number of nitrogens with two attached hydrogens (primary N) is 1. The molecule has 3 rings (SSSR count). The van der Waals surface area contributed by atoms with Crippen LogP contribution in [0.5, 0.6) is 0 Å². The summed E-state index contributed by atoms with van der Waals surface area (Å²) in [4.78, 5) is 34.5. The zero-order valence-corrected chi connectivity index (χ0v) is 13.0. The Morgan fingerprint density at radius 2 is 1.88 bits per heavy atom. The molecule has 0 unspecified atom stereocenters. The third-order valence-electron chi connectivity index (χ3n) is 3.38. The van der Waals surface area contributed by atoms with E-state index in [1.165, 1.54) is 29.5 Å². The van der Waals surface area contributed by atoms with Gasteiger partial charge in [-0.3, -0.25) is 19.7 Å².